The van der Waals surface area contributed by atoms with Gasteiger partial charge in [0.25, 0.3) is 0 Å². The maximum atomic E-state index is 13.4. The van der Waals surface area contributed by atoms with E-state index in [0.717, 1.165) is 41.0 Å². The Bertz CT molecular complexity index is 1100. The van der Waals surface area contributed by atoms with Gasteiger partial charge in [-0.25, -0.2) is 8.91 Å². The van der Waals surface area contributed by atoms with Gasteiger partial charge in [-0.3, -0.25) is 4.98 Å². The maximum absolute atomic E-state index is 13.4. The number of hydrogen-bond donors (Lipinski definition) is 1. The number of nitrogens with one attached hydrogen (secondary N) is 1. The number of aromatic nitrogens is 3. The van der Waals surface area contributed by atoms with Gasteiger partial charge in [-0.2, -0.15) is 5.10 Å². The summed E-state index contributed by atoms with van der Waals surface area (Å²) in [7, 11) is 0. The smallest absolute Gasteiger partial charge is 0.123 e. The Morgan fingerprint density at radius 3 is 2.54 bits per heavy atom. The molecule has 1 aliphatic rings. The predicted octanol–water partition coefficient (Wildman–Crippen LogP) is 4.67. The van der Waals surface area contributed by atoms with Crippen molar-refractivity contribution in [1.82, 2.24) is 19.9 Å². The Hall–Kier alpha value is -3.05. The Balaban J connectivity index is 1.69. The minimum absolute atomic E-state index is 0.245. The number of halogens is 1. The van der Waals surface area contributed by atoms with Crippen molar-refractivity contribution in [3.05, 3.63) is 78.5 Å². The van der Waals surface area contributed by atoms with Crippen molar-refractivity contribution in [2.45, 2.75) is 18.8 Å². The van der Waals surface area contributed by atoms with Gasteiger partial charge in [0.1, 0.15) is 11.5 Å². The number of pyridine rings is 2. The summed E-state index contributed by atoms with van der Waals surface area (Å²) in [6.45, 7) is 2.11. The van der Waals surface area contributed by atoms with Crippen molar-refractivity contribution in [3.63, 3.8) is 0 Å². The van der Waals surface area contributed by atoms with Gasteiger partial charge >= 0.3 is 0 Å². The monoisotopic (exact) mass is 372 g/mol. The third-order valence-corrected chi connectivity index (χ3v) is 5.51. The van der Waals surface area contributed by atoms with Crippen LogP contribution >= 0.6 is 0 Å². The van der Waals surface area contributed by atoms with Crippen molar-refractivity contribution in [2.75, 3.05) is 13.1 Å². The molecule has 3 aromatic heterocycles. The van der Waals surface area contributed by atoms with Gasteiger partial charge in [-0.15, -0.1) is 0 Å². The van der Waals surface area contributed by atoms with E-state index < -0.39 is 0 Å². The van der Waals surface area contributed by atoms with Gasteiger partial charge in [0.05, 0.1) is 5.52 Å². The SMILES string of the molecule is Fc1ccc(-c2nn3cc(C4CCCNC4)ccc3c2-c2ccncc2)cc1. The van der Waals surface area contributed by atoms with Gasteiger partial charge in [-0.1, -0.05) is 6.07 Å². The summed E-state index contributed by atoms with van der Waals surface area (Å²) in [5, 5.41) is 8.38. The van der Waals surface area contributed by atoms with Gasteiger partial charge < -0.3 is 5.32 Å². The lowest BCUT2D eigenvalue weighted by atomic mass is 9.92. The second kappa shape index (κ2) is 7.17. The van der Waals surface area contributed by atoms with E-state index in [1.54, 1.807) is 24.5 Å². The molecule has 5 rings (SSSR count). The first-order valence-electron chi connectivity index (χ1n) is 9.69. The molecule has 1 N–H and O–H groups in total. The highest BCUT2D eigenvalue weighted by Crippen LogP contribution is 2.36. The molecule has 28 heavy (non-hydrogen) atoms. The van der Waals surface area contributed by atoms with Crippen LogP contribution in [-0.4, -0.2) is 27.7 Å². The van der Waals surface area contributed by atoms with Crippen LogP contribution in [0.3, 0.4) is 0 Å². The van der Waals surface area contributed by atoms with Crippen LogP contribution in [0.5, 0.6) is 0 Å². The molecule has 0 bridgehead atoms. The first kappa shape index (κ1) is 17.1. The highest BCUT2D eigenvalue weighted by atomic mass is 19.1. The normalized spacial score (nSPS) is 17.1. The second-order valence-corrected chi connectivity index (χ2v) is 7.30. The van der Waals surface area contributed by atoms with Gasteiger partial charge in [-0.05, 0) is 78.9 Å². The molecule has 1 atom stereocenters. The van der Waals surface area contributed by atoms with E-state index in [9.17, 15) is 4.39 Å². The molecule has 5 heteroatoms. The molecule has 1 aromatic carbocycles. The quantitative estimate of drug-likeness (QED) is 0.568. The van der Waals surface area contributed by atoms with E-state index in [-0.39, 0.29) is 5.82 Å². The fraction of sp³-hybridized carbons (Fsp3) is 0.217. The lowest BCUT2D eigenvalue weighted by Crippen LogP contribution is -2.28. The molecule has 1 unspecified atom stereocenters. The summed E-state index contributed by atoms with van der Waals surface area (Å²) in [5.74, 6) is 0.269. The summed E-state index contributed by atoms with van der Waals surface area (Å²) in [5.41, 5.74) is 6.19. The average molecular weight is 372 g/mol. The number of hydrogen-bond acceptors (Lipinski definition) is 3. The Morgan fingerprint density at radius 1 is 0.964 bits per heavy atom. The van der Waals surface area contributed by atoms with E-state index >= 15 is 0 Å². The van der Waals surface area contributed by atoms with Crippen LogP contribution in [0, 0.1) is 5.82 Å². The summed E-state index contributed by atoms with van der Waals surface area (Å²) in [4.78, 5) is 4.14. The lowest BCUT2D eigenvalue weighted by Gasteiger charge is -2.23. The molecule has 4 heterocycles. The molecule has 0 saturated carbocycles. The van der Waals surface area contributed by atoms with Crippen LogP contribution in [0.15, 0.2) is 67.1 Å². The Kier molecular flexibility index (Phi) is 4.37. The zero-order chi connectivity index (χ0) is 18.9. The zero-order valence-electron chi connectivity index (χ0n) is 15.5. The van der Waals surface area contributed by atoms with Gasteiger partial charge in [0, 0.05) is 36.3 Å². The average Bonchev–Trinajstić information content (AvgIpc) is 3.14. The van der Waals surface area contributed by atoms with Crippen molar-refractivity contribution in [3.8, 4) is 22.4 Å². The third kappa shape index (κ3) is 3.08. The zero-order valence-corrected chi connectivity index (χ0v) is 15.5. The molecule has 4 nitrogen and oxygen atoms in total. The van der Waals surface area contributed by atoms with Crippen LogP contribution in [0.2, 0.25) is 0 Å². The highest BCUT2D eigenvalue weighted by molar-refractivity contribution is 5.92. The second-order valence-electron chi connectivity index (χ2n) is 7.30. The lowest BCUT2D eigenvalue weighted by molar-refractivity contribution is 0.460. The van der Waals surface area contributed by atoms with Gasteiger partial charge in [0.2, 0.25) is 0 Å². The molecule has 0 amide bonds. The Morgan fingerprint density at radius 2 is 1.79 bits per heavy atom. The van der Waals surface area contributed by atoms with E-state index in [1.807, 2.05) is 16.6 Å². The van der Waals surface area contributed by atoms with Crippen LogP contribution in [0.1, 0.15) is 24.3 Å². The van der Waals surface area contributed by atoms with Crippen LogP contribution in [0.4, 0.5) is 4.39 Å². The van der Waals surface area contributed by atoms with Crippen molar-refractivity contribution in [1.29, 1.82) is 0 Å². The number of fused-ring (bicyclic) bond motifs is 1. The topological polar surface area (TPSA) is 42.2 Å². The third-order valence-electron chi connectivity index (χ3n) is 5.51. The molecule has 4 aromatic rings. The number of benzene rings is 1. The molecule has 1 fully saturated rings. The standard InChI is InChI=1S/C23H21FN4/c24-20-6-3-17(4-7-20)23-22(16-9-12-25-13-10-16)21-8-5-19(15-28(21)27-23)18-2-1-11-26-14-18/h3-10,12-13,15,18,26H,1-2,11,14H2. The number of rotatable bonds is 3. The summed E-state index contributed by atoms with van der Waals surface area (Å²) < 4.78 is 15.4. The van der Waals surface area contributed by atoms with E-state index in [4.69, 9.17) is 5.10 Å². The first-order valence-corrected chi connectivity index (χ1v) is 9.69. The van der Waals surface area contributed by atoms with Crippen molar-refractivity contribution < 1.29 is 4.39 Å². The van der Waals surface area contributed by atoms with Crippen LogP contribution < -0.4 is 5.32 Å². The highest BCUT2D eigenvalue weighted by Gasteiger charge is 2.19. The molecular weight excluding hydrogens is 351 g/mol. The van der Waals surface area contributed by atoms with E-state index in [0.29, 0.717) is 5.92 Å². The molecule has 0 radical (unpaired) electrons. The molecule has 140 valence electrons. The fourth-order valence-corrected chi connectivity index (χ4v) is 4.06. The van der Waals surface area contributed by atoms with Crippen LogP contribution in [0.25, 0.3) is 27.9 Å². The summed E-state index contributed by atoms with van der Waals surface area (Å²) >= 11 is 0. The summed E-state index contributed by atoms with van der Waals surface area (Å²) in [6, 6.07) is 14.9. The largest absolute Gasteiger partial charge is 0.316 e. The van der Waals surface area contributed by atoms with Crippen molar-refractivity contribution in [2.24, 2.45) is 0 Å². The van der Waals surface area contributed by atoms with Crippen molar-refractivity contribution >= 4 is 5.52 Å². The molecule has 1 aliphatic heterocycles. The minimum Gasteiger partial charge on any atom is -0.316 e. The molecular formula is C23H21FN4. The first-order chi connectivity index (χ1) is 13.8. The minimum atomic E-state index is -0.245. The van der Waals surface area contributed by atoms with Crippen LogP contribution in [-0.2, 0) is 0 Å². The fourth-order valence-electron chi connectivity index (χ4n) is 4.06. The van der Waals surface area contributed by atoms with E-state index in [2.05, 4.69) is 28.6 Å². The maximum Gasteiger partial charge on any atom is 0.123 e. The van der Waals surface area contributed by atoms with Gasteiger partial charge in [0.15, 0.2) is 0 Å². The molecule has 0 spiro atoms. The van der Waals surface area contributed by atoms with E-state index in [1.165, 1.54) is 30.5 Å². The summed E-state index contributed by atoms with van der Waals surface area (Å²) in [6.07, 6.45) is 8.11. The Labute approximate surface area is 163 Å². The molecule has 1 saturated heterocycles. The number of piperidine rings is 1. The predicted molar refractivity (Wildman–Crippen MR) is 109 cm³/mol. The number of nitrogens with zero attached hydrogens (tertiary/aromatic N) is 3. The molecule has 0 aliphatic carbocycles.